The van der Waals surface area contributed by atoms with E-state index in [9.17, 15) is 13.2 Å². The number of rotatable bonds is 4. The summed E-state index contributed by atoms with van der Waals surface area (Å²) < 4.78 is 41.6. The molecule has 0 unspecified atom stereocenters. The summed E-state index contributed by atoms with van der Waals surface area (Å²) in [7, 11) is 0. The summed E-state index contributed by atoms with van der Waals surface area (Å²) in [5.74, 6) is 0. The predicted octanol–water partition coefficient (Wildman–Crippen LogP) is 1.56. The van der Waals surface area contributed by atoms with Gasteiger partial charge in [-0.2, -0.15) is 0 Å². The second kappa shape index (κ2) is 4.51. The molecule has 2 nitrogen and oxygen atoms in total. The lowest BCUT2D eigenvalue weighted by molar-refractivity contribution is -0.327. The van der Waals surface area contributed by atoms with Crippen molar-refractivity contribution < 1.29 is 22.6 Å². The molecule has 0 aromatic rings. The predicted molar refractivity (Wildman–Crippen MR) is 28.5 cm³/mol. The van der Waals surface area contributed by atoms with E-state index in [1.54, 1.807) is 6.92 Å². The SMILES string of the molecule is CCOCCOC(F)(F)F. The first-order valence-electron chi connectivity index (χ1n) is 2.84. The molecule has 0 heterocycles. The van der Waals surface area contributed by atoms with Crippen molar-refractivity contribution in [2.24, 2.45) is 0 Å². The molecule has 0 amide bonds. The summed E-state index contributed by atoms with van der Waals surface area (Å²) in [5, 5.41) is 0. The van der Waals surface area contributed by atoms with Crippen molar-refractivity contribution in [2.45, 2.75) is 13.3 Å². The van der Waals surface area contributed by atoms with Crippen molar-refractivity contribution in [1.29, 1.82) is 0 Å². The highest BCUT2D eigenvalue weighted by atomic mass is 19.4. The summed E-state index contributed by atoms with van der Waals surface area (Å²) in [6, 6.07) is 0. The van der Waals surface area contributed by atoms with E-state index in [1.807, 2.05) is 0 Å². The van der Waals surface area contributed by atoms with Crippen LogP contribution in [0, 0.1) is 0 Å². The molecule has 10 heavy (non-hydrogen) atoms. The van der Waals surface area contributed by atoms with Crippen LogP contribution in [0.1, 0.15) is 6.92 Å². The van der Waals surface area contributed by atoms with E-state index >= 15 is 0 Å². The summed E-state index contributed by atoms with van der Waals surface area (Å²) >= 11 is 0. The van der Waals surface area contributed by atoms with Gasteiger partial charge < -0.3 is 4.74 Å². The first-order valence-corrected chi connectivity index (χ1v) is 2.84. The molecule has 0 aromatic heterocycles. The molecule has 0 fully saturated rings. The van der Waals surface area contributed by atoms with Crippen LogP contribution in [0.3, 0.4) is 0 Å². The van der Waals surface area contributed by atoms with E-state index in [2.05, 4.69) is 9.47 Å². The Balaban J connectivity index is 3.04. The molecule has 0 atom stereocenters. The number of hydrogen-bond donors (Lipinski definition) is 0. The van der Waals surface area contributed by atoms with E-state index in [0.717, 1.165) is 0 Å². The van der Waals surface area contributed by atoms with Gasteiger partial charge in [0.05, 0.1) is 13.2 Å². The Bertz CT molecular complexity index is 81.5. The van der Waals surface area contributed by atoms with Gasteiger partial charge in [0.15, 0.2) is 0 Å². The molecule has 0 aliphatic carbocycles. The second-order valence-corrected chi connectivity index (χ2v) is 1.49. The van der Waals surface area contributed by atoms with Gasteiger partial charge in [0, 0.05) is 6.61 Å². The Morgan fingerprint density at radius 3 is 2.20 bits per heavy atom. The molecule has 0 aromatic carbocycles. The molecule has 5 heteroatoms. The molecule has 0 aliphatic rings. The smallest absolute Gasteiger partial charge is 0.379 e. The second-order valence-electron chi connectivity index (χ2n) is 1.49. The maximum Gasteiger partial charge on any atom is 0.522 e. The molecular weight excluding hydrogens is 149 g/mol. The third-order valence-electron chi connectivity index (χ3n) is 0.698. The molecular formula is C5H9F3O2. The number of alkyl halides is 3. The van der Waals surface area contributed by atoms with Crippen molar-refractivity contribution in [2.75, 3.05) is 19.8 Å². The minimum atomic E-state index is -4.53. The van der Waals surface area contributed by atoms with Crippen LogP contribution < -0.4 is 0 Å². The average Bonchev–Trinajstić information content (AvgIpc) is 1.78. The van der Waals surface area contributed by atoms with Gasteiger partial charge in [0.2, 0.25) is 0 Å². The molecule has 0 saturated heterocycles. The standard InChI is InChI=1S/C5H9F3O2/c1-2-9-3-4-10-5(6,7)8/h2-4H2,1H3. The highest BCUT2D eigenvalue weighted by Crippen LogP contribution is 2.15. The van der Waals surface area contributed by atoms with Crippen molar-refractivity contribution in [3.8, 4) is 0 Å². The van der Waals surface area contributed by atoms with Crippen LogP contribution in [0.4, 0.5) is 13.2 Å². The van der Waals surface area contributed by atoms with Crippen LogP contribution >= 0.6 is 0 Å². The maximum absolute atomic E-state index is 11.2. The Morgan fingerprint density at radius 2 is 1.80 bits per heavy atom. The van der Waals surface area contributed by atoms with Crippen molar-refractivity contribution in [3.63, 3.8) is 0 Å². The Labute approximate surface area is 56.9 Å². The fraction of sp³-hybridized carbons (Fsp3) is 1.00. The molecule has 0 spiro atoms. The molecule has 0 N–H and O–H groups in total. The number of ether oxygens (including phenoxy) is 2. The Morgan fingerprint density at radius 1 is 1.20 bits per heavy atom. The number of halogens is 3. The Hall–Kier alpha value is -0.290. The lowest BCUT2D eigenvalue weighted by Gasteiger charge is -2.06. The van der Waals surface area contributed by atoms with Crippen molar-refractivity contribution in [1.82, 2.24) is 0 Å². The van der Waals surface area contributed by atoms with Crippen LogP contribution in [-0.4, -0.2) is 26.2 Å². The summed E-state index contributed by atoms with van der Waals surface area (Å²) in [5.41, 5.74) is 0. The van der Waals surface area contributed by atoms with Crippen LogP contribution in [0.2, 0.25) is 0 Å². The summed E-state index contributed by atoms with van der Waals surface area (Å²) in [6.45, 7) is 1.65. The number of hydrogen-bond acceptors (Lipinski definition) is 2. The summed E-state index contributed by atoms with van der Waals surface area (Å²) in [6.07, 6.45) is -4.53. The van der Waals surface area contributed by atoms with E-state index in [0.29, 0.717) is 6.61 Å². The van der Waals surface area contributed by atoms with Crippen LogP contribution in [0.15, 0.2) is 0 Å². The molecule has 0 rings (SSSR count). The van der Waals surface area contributed by atoms with Gasteiger partial charge in [-0.25, -0.2) is 0 Å². The van der Waals surface area contributed by atoms with Crippen LogP contribution in [0.25, 0.3) is 0 Å². The zero-order chi connectivity index (χ0) is 8.04. The molecule has 0 aliphatic heterocycles. The van der Waals surface area contributed by atoms with Crippen molar-refractivity contribution >= 4 is 0 Å². The van der Waals surface area contributed by atoms with Crippen LogP contribution in [0.5, 0.6) is 0 Å². The van der Waals surface area contributed by atoms with Crippen molar-refractivity contribution in [3.05, 3.63) is 0 Å². The van der Waals surface area contributed by atoms with Gasteiger partial charge in [-0.15, -0.1) is 13.2 Å². The topological polar surface area (TPSA) is 18.5 Å². The van der Waals surface area contributed by atoms with Gasteiger partial charge in [0.25, 0.3) is 0 Å². The molecule has 62 valence electrons. The van der Waals surface area contributed by atoms with Gasteiger partial charge in [-0.1, -0.05) is 0 Å². The first kappa shape index (κ1) is 9.71. The third-order valence-corrected chi connectivity index (χ3v) is 0.698. The van der Waals surface area contributed by atoms with Gasteiger partial charge in [-0.3, -0.25) is 4.74 Å². The largest absolute Gasteiger partial charge is 0.522 e. The minimum absolute atomic E-state index is 0.0178. The van der Waals surface area contributed by atoms with E-state index in [4.69, 9.17) is 0 Å². The molecule has 0 saturated carbocycles. The maximum atomic E-state index is 11.2. The average molecular weight is 158 g/mol. The molecule has 0 radical (unpaired) electrons. The van der Waals surface area contributed by atoms with Crippen LogP contribution in [-0.2, 0) is 9.47 Å². The fourth-order valence-corrected chi connectivity index (χ4v) is 0.361. The minimum Gasteiger partial charge on any atom is -0.379 e. The van der Waals surface area contributed by atoms with Gasteiger partial charge in [-0.05, 0) is 6.92 Å². The highest BCUT2D eigenvalue weighted by molar-refractivity contribution is 4.30. The lowest BCUT2D eigenvalue weighted by atomic mass is 10.7. The molecule has 0 bridgehead atoms. The van der Waals surface area contributed by atoms with Gasteiger partial charge >= 0.3 is 6.36 Å². The first-order chi connectivity index (χ1) is 4.56. The summed E-state index contributed by atoms with van der Waals surface area (Å²) in [4.78, 5) is 0. The quantitative estimate of drug-likeness (QED) is 0.578. The van der Waals surface area contributed by atoms with Gasteiger partial charge in [0.1, 0.15) is 0 Å². The normalized spacial score (nSPS) is 12.0. The Kier molecular flexibility index (Phi) is 4.38. The zero-order valence-corrected chi connectivity index (χ0v) is 5.57. The zero-order valence-electron chi connectivity index (χ0n) is 5.57. The monoisotopic (exact) mass is 158 g/mol. The third kappa shape index (κ3) is 7.71. The van der Waals surface area contributed by atoms with E-state index in [1.165, 1.54) is 0 Å². The highest BCUT2D eigenvalue weighted by Gasteiger charge is 2.28. The lowest BCUT2D eigenvalue weighted by Crippen LogP contribution is -2.17. The van der Waals surface area contributed by atoms with E-state index < -0.39 is 13.0 Å². The fourth-order valence-electron chi connectivity index (χ4n) is 0.361. The van der Waals surface area contributed by atoms with E-state index in [-0.39, 0.29) is 6.61 Å².